The van der Waals surface area contributed by atoms with Crippen LogP contribution in [0, 0.1) is 17.8 Å². The predicted octanol–water partition coefficient (Wildman–Crippen LogP) is 3.87. The minimum atomic E-state index is -1.14. The number of likely N-dealkylation sites (tertiary alicyclic amines) is 1. The first kappa shape index (κ1) is 30.4. The molecule has 1 N–H and O–H groups in total. The minimum Gasteiger partial charge on any atom is -0.465 e. The second-order valence-corrected chi connectivity index (χ2v) is 11.7. The Labute approximate surface area is 228 Å². The summed E-state index contributed by atoms with van der Waals surface area (Å²) in [6, 6.07) is -1.54. The lowest BCUT2D eigenvalue weighted by molar-refractivity contribution is -0.164. The van der Waals surface area contributed by atoms with Gasteiger partial charge >= 0.3 is 5.97 Å². The van der Waals surface area contributed by atoms with E-state index in [0.717, 1.165) is 12.8 Å². The fourth-order valence-electron chi connectivity index (χ4n) is 7.20. The van der Waals surface area contributed by atoms with Crippen LogP contribution in [0.25, 0.3) is 0 Å². The molecule has 0 radical (unpaired) electrons. The molecule has 0 aromatic carbocycles. The van der Waals surface area contributed by atoms with Gasteiger partial charge in [0, 0.05) is 12.6 Å². The zero-order chi connectivity index (χ0) is 28.3. The van der Waals surface area contributed by atoms with Crippen molar-refractivity contribution in [3.8, 4) is 0 Å². The summed E-state index contributed by atoms with van der Waals surface area (Å²) in [4.78, 5) is 45.8. The first-order valence-corrected chi connectivity index (χ1v) is 14.4. The number of rotatable bonds is 15. The quantitative estimate of drug-likeness (QED) is 0.195. The number of hydrogen-bond donors (Lipinski definition) is 1. The normalized spacial score (nSPS) is 31.3. The van der Waals surface area contributed by atoms with Gasteiger partial charge in [0.2, 0.25) is 11.8 Å². The van der Waals surface area contributed by atoms with Crippen LogP contribution >= 0.6 is 0 Å². The summed E-state index contributed by atoms with van der Waals surface area (Å²) in [6.07, 6.45) is 7.78. The van der Waals surface area contributed by atoms with Gasteiger partial charge in [0.1, 0.15) is 17.6 Å². The fraction of sp³-hybridized carbons (Fsp3) is 0.767. The largest absolute Gasteiger partial charge is 0.465 e. The Morgan fingerprint density at radius 2 is 1.95 bits per heavy atom. The van der Waals surface area contributed by atoms with E-state index in [1.165, 1.54) is 0 Å². The van der Waals surface area contributed by atoms with E-state index in [9.17, 15) is 19.5 Å². The van der Waals surface area contributed by atoms with Crippen LogP contribution in [0.3, 0.4) is 0 Å². The maximum atomic E-state index is 14.5. The molecular weight excluding hydrogens is 484 g/mol. The molecule has 3 heterocycles. The molecule has 0 aromatic heterocycles. The molecule has 3 rings (SSSR count). The highest BCUT2D eigenvalue weighted by molar-refractivity contribution is 5.99. The standard InChI is InChI=1S/C30H48N2O6/c1-8-12-17-37-28(36)24-23-26(34)32(22(19-33)18-20(5)6)25(30(23)15-14-29(24,11-4)38-30)27(35)31(16-10-3)21(7)13-9-2/h8,10,20-25,33H,1,3,9,11-19H2,2,4-7H3/t21?,22-,23+,24-,25?,29+,30?/m1/s1. The first-order chi connectivity index (χ1) is 18.1. The van der Waals surface area contributed by atoms with Gasteiger partial charge in [-0.15, -0.1) is 13.2 Å². The van der Waals surface area contributed by atoms with Crippen molar-refractivity contribution in [2.75, 3.05) is 19.8 Å². The fourth-order valence-corrected chi connectivity index (χ4v) is 7.20. The summed E-state index contributed by atoms with van der Waals surface area (Å²) in [5, 5.41) is 10.5. The number of nitrogens with zero attached hydrogens (tertiary/aromatic N) is 2. The molecule has 3 saturated heterocycles. The average molecular weight is 533 g/mol. The Morgan fingerprint density at radius 3 is 2.50 bits per heavy atom. The van der Waals surface area contributed by atoms with Crippen LogP contribution in [0.4, 0.5) is 0 Å². The Morgan fingerprint density at radius 1 is 1.24 bits per heavy atom. The number of fused-ring (bicyclic) bond motifs is 1. The monoisotopic (exact) mass is 532 g/mol. The van der Waals surface area contributed by atoms with Crippen molar-refractivity contribution in [3.05, 3.63) is 25.3 Å². The van der Waals surface area contributed by atoms with E-state index in [1.807, 2.05) is 27.7 Å². The SMILES string of the molecule is C=CCCOC(=O)[C@H]1[C@H]2C(=O)N([C@@H](CO)CC(C)C)C(C(=O)N(CC=C)C(C)CCC)C23CC[C@]1(CC)O3. The van der Waals surface area contributed by atoms with E-state index in [1.54, 1.807) is 22.0 Å². The highest BCUT2D eigenvalue weighted by Crippen LogP contribution is 2.65. The number of amides is 2. The maximum absolute atomic E-state index is 14.5. The van der Waals surface area contributed by atoms with Gasteiger partial charge in [-0.05, 0) is 51.4 Å². The maximum Gasteiger partial charge on any atom is 0.312 e. The Bertz CT molecular complexity index is 905. The van der Waals surface area contributed by atoms with Crippen LogP contribution < -0.4 is 0 Å². The van der Waals surface area contributed by atoms with E-state index in [-0.39, 0.29) is 37.0 Å². The number of hydrogen-bond acceptors (Lipinski definition) is 6. The van der Waals surface area contributed by atoms with Gasteiger partial charge in [-0.3, -0.25) is 14.4 Å². The zero-order valence-electron chi connectivity index (χ0n) is 24.0. The van der Waals surface area contributed by atoms with E-state index in [4.69, 9.17) is 9.47 Å². The molecule has 214 valence electrons. The molecule has 7 atom stereocenters. The van der Waals surface area contributed by atoms with Crippen molar-refractivity contribution in [2.24, 2.45) is 17.8 Å². The summed E-state index contributed by atoms with van der Waals surface area (Å²) in [5.74, 6) is -2.36. The lowest BCUT2D eigenvalue weighted by atomic mass is 9.65. The summed E-state index contributed by atoms with van der Waals surface area (Å²) in [7, 11) is 0. The van der Waals surface area contributed by atoms with Crippen molar-refractivity contribution in [1.29, 1.82) is 0 Å². The molecule has 8 nitrogen and oxygen atoms in total. The van der Waals surface area contributed by atoms with Gasteiger partial charge in [-0.1, -0.05) is 46.3 Å². The summed E-state index contributed by atoms with van der Waals surface area (Å²) in [6.45, 7) is 17.9. The molecule has 38 heavy (non-hydrogen) atoms. The van der Waals surface area contributed by atoms with Crippen molar-refractivity contribution >= 4 is 17.8 Å². The lowest BCUT2D eigenvalue weighted by Gasteiger charge is -2.41. The summed E-state index contributed by atoms with van der Waals surface area (Å²) < 4.78 is 12.4. The van der Waals surface area contributed by atoms with Gasteiger partial charge < -0.3 is 24.4 Å². The van der Waals surface area contributed by atoms with Crippen molar-refractivity contribution in [2.45, 2.75) is 109 Å². The topological polar surface area (TPSA) is 96.4 Å². The number of ether oxygens (including phenoxy) is 2. The number of carbonyl (C=O) groups excluding carboxylic acids is 3. The average Bonchev–Trinajstić information content (AvgIpc) is 3.49. The molecule has 3 fully saturated rings. The van der Waals surface area contributed by atoms with E-state index >= 15 is 0 Å². The summed E-state index contributed by atoms with van der Waals surface area (Å²) >= 11 is 0. The van der Waals surface area contributed by atoms with E-state index in [2.05, 4.69) is 20.1 Å². The van der Waals surface area contributed by atoms with Crippen molar-refractivity contribution < 1.29 is 29.0 Å². The van der Waals surface area contributed by atoms with Crippen LogP contribution in [0.5, 0.6) is 0 Å². The number of carbonyl (C=O) groups is 3. The van der Waals surface area contributed by atoms with Crippen LogP contribution in [0.15, 0.2) is 25.3 Å². The molecule has 8 heteroatoms. The van der Waals surface area contributed by atoms with Crippen molar-refractivity contribution in [3.63, 3.8) is 0 Å². The Hall–Kier alpha value is -2.19. The van der Waals surface area contributed by atoms with Gasteiger partial charge in [0.15, 0.2) is 0 Å². The molecular formula is C30H48N2O6. The first-order valence-electron chi connectivity index (χ1n) is 14.4. The number of esters is 1. The summed E-state index contributed by atoms with van der Waals surface area (Å²) in [5.41, 5.74) is -1.98. The minimum absolute atomic E-state index is 0.0611. The van der Waals surface area contributed by atoms with E-state index < -0.39 is 41.1 Å². The van der Waals surface area contributed by atoms with Crippen LogP contribution in [0.2, 0.25) is 0 Å². The number of aliphatic hydroxyl groups excluding tert-OH is 1. The van der Waals surface area contributed by atoms with Crippen molar-refractivity contribution in [1.82, 2.24) is 9.80 Å². The molecule has 3 aliphatic heterocycles. The van der Waals surface area contributed by atoms with E-state index in [0.29, 0.717) is 38.6 Å². The predicted molar refractivity (Wildman–Crippen MR) is 146 cm³/mol. The Balaban J connectivity index is 2.14. The third-order valence-electron chi connectivity index (χ3n) is 8.87. The molecule has 3 aliphatic rings. The van der Waals surface area contributed by atoms with Gasteiger partial charge in [-0.2, -0.15) is 0 Å². The van der Waals surface area contributed by atoms with Gasteiger partial charge in [-0.25, -0.2) is 0 Å². The lowest BCUT2D eigenvalue weighted by Crippen LogP contribution is -2.60. The smallest absolute Gasteiger partial charge is 0.312 e. The highest BCUT2D eigenvalue weighted by atomic mass is 16.6. The molecule has 1 spiro atoms. The second kappa shape index (κ2) is 12.3. The van der Waals surface area contributed by atoms with Gasteiger partial charge in [0.25, 0.3) is 0 Å². The van der Waals surface area contributed by atoms with Crippen LogP contribution in [-0.2, 0) is 23.9 Å². The van der Waals surface area contributed by atoms with Gasteiger partial charge in [0.05, 0.1) is 30.8 Å². The molecule has 2 bridgehead atoms. The Kier molecular flexibility index (Phi) is 9.85. The molecule has 3 unspecified atom stereocenters. The zero-order valence-corrected chi connectivity index (χ0v) is 24.0. The third kappa shape index (κ3) is 5.06. The molecule has 0 aromatic rings. The number of aliphatic hydroxyl groups is 1. The molecule has 2 amide bonds. The molecule has 0 aliphatic carbocycles. The van der Waals surface area contributed by atoms with Crippen LogP contribution in [-0.4, -0.2) is 81.8 Å². The molecule has 0 saturated carbocycles. The highest BCUT2D eigenvalue weighted by Gasteiger charge is 2.79. The van der Waals surface area contributed by atoms with Crippen LogP contribution in [0.1, 0.15) is 79.6 Å². The third-order valence-corrected chi connectivity index (χ3v) is 8.87. The second-order valence-electron chi connectivity index (χ2n) is 11.7.